The third-order valence-electron chi connectivity index (χ3n) is 4.98. The van der Waals surface area contributed by atoms with Crippen molar-refractivity contribution in [2.45, 2.75) is 63.0 Å². The Balaban J connectivity index is 1.47. The van der Waals surface area contributed by atoms with E-state index in [1.807, 2.05) is 0 Å². The predicted octanol–water partition coefficient (Wildman–Crippen LogP) is 3.21. The largest absolute Gasteiger partial charge is 0.375 e. The zero-order valence-electron chi connectivity index (χ0n) is 11.5. The van der Waals surface area contributed by atoms with E-state index in [0.29, 0.717) is 0 Å². The minimum Gasteiger partial charge on any atom is -0.375 e. The first-order valence-electron chi connectivity index (χ1n) is 7.81. The number of ether oxygens (including phenoxy) is 1. The van der Waals surface area contributed by atoms with E-state index in [4.69, 9.17) is 4.74 Å². The summed E-state index contributed by atoms with van der Waals surface area (Å²) < 4.78 is 6.16. The van der Waals surface area contributed by atoms with Crippen molar-refractivity contribution >= 4 is 11.8 Å². The number of rotatable bonds is 3. The Labute approximate surface area is 116 Å². The molecule has 2 atom stereocenters. The molecular weight excluding hydrogens is 242 g/mol. The van der Waals surface area contributed by atoms with Crippen LogP contribution >= 0.6 is 11.8 Å². The maximum absolute atomic E-state index is 6.16. The molecule has 2 unspecified atom stereocenters. The molecule has 0 radical (unpaired) electrons. The second kappa shape index (κ2) is 6.15. The molecule has 18 heavy (non-hydrogen) atoms. The standard InChI is InChI=1S/C15H27NOS/c1-2-6-15(7-3-1)10-14(4-8-17-15)16-11-13-5-9-18-12-13/h13-14,16H,1-12H2. The Bertz CT molecular complexity index is 254. The van der Waals surface area contributed by atoms with Gasteiger partial charge in [0.2, 0.25) is 0 Å². The highest BCUT2D eigenvalue weighted by Crippen LogP contribution is 2.38. The zero-order valence-corrected chi connectivity index (χ0v) is 12.3. The van der Waals surface area contributed by atoms with Gasteiger partial charge in [-0.2, -0.15) is 11.8 Å². The lowest BCUT2D eigenvalue weighted by Gasteiger charge is -2.44. The minimum absolute atomic E-state index is 0.262. The van der Waals surface area contributed by atoms with Crippen LogP contribution in [0, 0.1) is 5.92 Å². The van der Waals surface area contributed by atoms with Crippen LogP contribution in [-0.2, 0) is 4.74 Å². The zero-order chi connectivity index (χ0) is 12.3. The van der Waals surface area contributed by atoms with Crippen LogP contribution in [0.15, 0.2) is 0 Å². The average Bonchev–Trinajstić information content (AvgIpc) is 2.91. The van der Waals surface area contributed by atoms with Gasteiger partial charge in [0.25, 0.3) is 0 Å². The summed E-state index contributed by atoms with van der Waals surface area (Å²) >= 11 is 2.13. The molecule has 0 aromatic rings. The second-order valence-electron chi connectivity index (χ2n) is 6.42. The molecule has 1 aliphatic carbocycles. The van der Waals surface area contributed by atoms with Crippen molar-refractivity contribution in [3.05, 3.63) is 0 Å². The summed E-state index contributed by atoms with van der Waals surface area (Å²) in [5.41, 5.74) is 0.262. The highest BCUT2D eigenvalue weighted by Gasteiger charge is 2.38. The Kier molecular flexibility index (Phi) is 4.53. The van der Waals surface area contributed by atoms with Crippen molar-refractivity contribution in [3.8, 4) is 0 Å². The number of hydrogen-bond donors (Lipinski definition) is 1. The molecule has 0 amide bonds. The van der Waals surface area contributed by atoms with Gasteiger partial charge in [-0.3, -0.25) is 0 Å². The summed E-state index contributed by atoms with van der Waals surface area (Å²) in [6.07, 6.45) is 10.7. The molecule has 104 valence electrons. The van der Waals surface area contributed by atoms with Crippen molar-refractivity contribution in [3.63, 3.8) is 0 Å². The molecular formula is C15H27NOS. The van der Waals surface area contributed by atoms with Gasteiger partial charge in [-0.25, -0.2) is 0 Å². The third kappa shape index (κ3) is 3.23. The van der Waals surface area contributed by atoms with Crippen LogP contribution < -0.4 is 5.32 Å². The lowest BCUT2D eigenvalue weighted by Crippen LogP contribution is -2.48. The van der Waals surface area contributed by atoms with E-state index in [-0.39, 0.29) is 5.60 Å². The molecule has 0 aromatic carbocycles. The molecule has 3 fully saturated rings. The Hall–Kier alpha value is 0.270. The van der Waals surface area contributed by atoms with Crippen molar-refractivity contribution in [1.82, 2.24) is 5.32 Å². The number of thioether (sulfide) groups is 1. The fraction of sp³-hybridized carbons (Fsp3) is 1.00. The van der Waals surface area contributed by atoms with Crippen LogP contribution in [0.5, 0.6) is 0 Å². The maximum Gasteiger partial charge on any atom is 0.0697 e. The predicted molar refractivity (Wildman–Crippen MR) is 78.2 cm³/mol. The van der Waals surface area contributed by atoms with Crippen molar-refractivity contribution in [1.29, 1.82) is 0 Å². The molecule has 2 saturated heterocycles. The van der Waals surface area contributed by atoms with Crippen LogP contribution in [0.2, 0.25) is 0 Å². The molecule has 3 aliphatic rings. The monoisotopic (exact) mass is 269 g/mol. The first kappa shape index (κ1) is 13.3. The van der Waals surface area contributed by atoms with Gasteiger partial charge in [-0.15, -0.1) is 0 Å². The molecule has 0 aromatic heterocycles. The Morgan fingerprint density at radius 1 is 1.17 bits per heavy atom. The molecule has 2 heterocycles. The van der Waals surface area contributed by atoms with E-state index in [1.165, 1.54) is 69.4 Å². The summed E-state index contributed by atoms with van der Waals surface area (Å²) in [5.74, 6) is 3.69. The van der Waals surface area contributed by atoms with E-state index in [9.17, 15) is 0 Å². The minimum atomic E-state index is 0.262. The van der Waals surface area contributed by atoms with Crippen LogP contribution in [0.1, 0.15) is 51.4 Å². The first-order valence-corrected chi connectivity index (χ1v) is 8.97. The van der Waals surface area contributed by atoms with Gasteiger partial charge in [0.15, 0.2) is 0 Å². The van der Waals surface area contributed by atoms with Crippen molar-refractivity contribution in [2.75, 3.05) is 24.7 Å². The van der Waals surface area contributed by atoms with E-state index in [1.54, 1.807) is 0 Å². The highest BCUT2D eigenvalue weighted by atomic mass is 32.2. The fourth-order valence-electron chi connectivity index (χ4n) is 3.82. The van der Waals surface area contributed by atoms with Gasteiger partial charge in [0.1, 0.15) is 0 Å². The van der Waals surface area contributed by atoms with Crippen LogP contribution in [0.3, 0.4) is 0 Å². The van der Waals surface area contributed by atoms with Crippen molar-refractivity contribution < 1.29 is 4.74 Å². The highest BCUT2D eigenvalue weighted by molar-refractivity contribution is 7.99. The van der Waals surface area contributed by atoms with E-state index in [0.717, 1.165) is 18.6 Å². The Morgan fingerprint density at radius 2 is 2.06 bits per heavy atom. The Morgan fingerprint density at radius 3 is 2.83 bits per heavy atom. The first-order chi connectivity index (χ1) is 8.86. The van der Waals surface area contributed by atoms with E-state index < -0.39 is 0 Å². The van der Waals surface area contributed by atoms with Gasteiger partial charge in [-0.05, 0) is 56.1 Å². The summed E-state index contributed by atoms with van der Waals surface area (Å²) in [5, 5.41) is 3.84. The summed E-state index contributed by atoms with van der Waals surface area (Å²) in [4.78, 5) is 0. The molecule has 1 N–H and O–H groups in total. The molecule has 2 nitrogen and oxygen atoms in total. The molecule has 1 spiro atoms. The number of nitrogens with one attached hydrogen (secondary N) is 1. The second-order valence-corrected chi connectivity index (χ2v) is 7.57. The smallest absolute Gasteiger partial charge is 0.0697 e. The molecule has 0 bridgehead atoms. The van der Waals surface area contributed by atoms with Crippen LogP contribution in [-0.4, -0.2) is 36.3 Å². The van der Waals surface area contributed by atoms with Crippen LogP contribution in [0.4, 0.5) is 0 Å². The summed E-state index contributed by atoms with van der Waals surface area (Å²) in [6.45, 7) is 2.23. The molecule has 3 rings (SSSR count). The molecule has 3 heteroatoms. The van der Waals surface area contributed by atoms with Gasteiger partial charge in [-0.1, -0.05) is 19.3 Å². The summed E-state index contributed by atoms with van der Waals surface area (Å²) in [6, 6.07) is 0.724. The third-order valence-corrected chi connectivity index (χ3v) is 6.21. The number of hydrogen-bond acceptors (Lipinski definition) is 3. The topological polar surface area (TPSA) is 21.3 Å². The van der Waals surface area contributed by atoms with Gasteiger partial charge in [0.05, 0.1) is 5.60 Å². The average molecular weight is 269 g/mol. The molecule has 1 saturated carbocycles. The van der Waals surface area contributed by atoms with Gasteiger partial charge in [0, 0.05) is 12.6 Å². The molecule has 2 aliphatic heterocycles. The lowest BCUT2D eigenvalue weighted by atomic mass is 9.78. The van der Waals surface area contributed by atoms with Crippen LogP contribution in [0.25, 0.3) is 0 Å². The van der Waals surface area contributed by atoms with E-state index >= 15 is 0 Å². The quantitative estimate of drug-likeness (QED) is 0.850. The maximum atomic E-state index is 6.16. The van der Waals surface area contributed by atoms with Crippen molar-refractivity contribution in [2.24, 2.45) is 5.92 Å². The fourth-order valence-corrected chi connectivity index (χ4v) is 5.11. The van der Waals surface area contributed by atoms with Gasteiger partial charge >= 0.3 is 0 Å². The SMILES string of the molecule is C1CCC2(CC1)CC(NCC1CCSC1)CCO2. The van der Waals surface area contributed by atoms with Gasteiger partial charge < -0.3 is 10.1 Å². The lowest BCUT2D eigenvalue weighted by molar-refractivity contribution is -0.109. The normalized spacial score (nSPS) is 36.0. The van der Waals surface area contributed by atoms with E-state index in [2.05, 4.69) is 17.1 Å². The summed E-state index contributed by atoms with van der Waals surface area (Å²) in [7, 11) is 0.